The predicted molar refractivity (Wildman–Crippen MR) is 82.6 cm³/mol. The van der Waals surface area contributed by atoms with Crippen molar-refractivity contribution in [3.8, 4) is 0 Å². The first-order valence-corrected chi connectivity index (χ1v) is 8.17. The molecule has 0 aromatic heterocycles. The highest BCUT2D eigenvalue weighted by molar-refractivity contribution is 4.81. The number of nitrogens with zero attached hydrogens (tertiary/aromatic N) is 1. The standard InChI is InChI=1S/C16H34N2O/c1-5-14(3)12-16(6-2)18(10-11-19-4)13-15-8-7-9-17-15/h14-17H,5-13H2,1-4H3. The minimum Gasteiger partial charge on any atom is -0.383 e. The summed E-state index contributed by atoms with van der Waals surface area (Å²) in [6, 6.07) is 1.41. The number of hydrogen-bond donors (Lipinski definition) is 1. The third-order valence-electron chi connectivity index (χ3n) is 4.56. The summed E-state index contributed by atoms with van der Waals surface area (Å²) in [7, 11) is 1.81. The fourth-order valence-electron chi connectivity index (χ4n) is 3.03. The van der Waals surface area contributed by atoms with Crippen molar-refractivity contribution in [2.45, 2.75) is 65.0 Å². The van der Waals surface area contributed by atoms with Gasteiger partial charge in [0.1, 0.15) is 0 Å². The molecule has 0 bridgehead atoms. The number of nitrogens with one attached hydrogen (secondary N) is 1. The van der Waals surface area contributed by atoms with Crippen LogP contribution < -0.4 is 5.32 Å². The molecule has 3 atom stereocenters. The second kappa shape index (κ2) is 9.73. The normalized spacial score (nSPS) is 22.9. The van der Waals surface area contributed by atoms with Gasteiger partial charge in [0.2, 0.25) is 0 Å². The summed E-state index contributed by atoms with van der Waals surface area (Å²) >= 11 is 0. The van der Waals surface area contributed by atoms with Gasteiger partial charge in [-0.15, -0.1) is 0 Å². The minimum atomic E-state index is 0.697. The molecule has 1 heterocycles. The molecule has 3 nitrogen and oxygen atoms in total. The zero-order valence-electron chi connectivity index (χ0n) is 13.5. The van der Waals surface area contributed by atoms with Crippen LogP contribution in [0.3, 0.4) is 0 Å². The first-order chi connectivity index (χ1) is 9.21. The molecule has 1 fully saturated rings. The molecule has 1 rings (SSSR count). The van der Waals surface area contributed by atoms with Crippen molar-refractivity contribution in [1.29, 1.82) is 0 Å². The first-order valence-electron chi connectivity index (χ1n) is 8.17. The number of hydrogen-bond acceptors (Lipinski definition) is 3. The molecule has 1 saturated heterocycles. The molecule has 1 aliphatic rings. The minimum absolute atomic E-state index is 0.697. The number of methoxy groups -OCH3 is 1. The summed E-state index contributed by atoms with van der Waals surface area (Å²) in [6.07, 6.45) is 6.54. The lowest BCUT2D eigenvalue weighted by molar-refractivity contribution is 0.0995. The van der Waals surface area contributed by atoms with Crippen LogP contribution in [0.1, 0.15) is 52.9 Å². The third kappa shape index (κ3) is 6.24. The monoisotopic (exact) mass is 270 g/mol. The van der Waals surface area contributed by atoms with E-state index in [1.54, 1.807) is 0 Å². The molecule has 114 valence electrons. The summed E-state index contributed by atoms with van der Waals surface area (Å²) in [6.45, 7) is 11.3. The fourth-order valence-corrected chi connectivity index (χ4v) is 3.03. The quantitative estimate of drug-likeness (QED) is 0.660. The Labute approximate surface area is 120 Å². The highest BCUT2D eigenvalue weighted by atomic mass is 16.5. The lowest BCUT2D eigenvalue weighted by Gasteiger charge is -2.34. The molecule has 0 amide bonds. The lowest BCUT2D eigenvalue weighted by Crippen LogP contribution is -2.45. The molecule has 0 aromatic carbocycles. The van der Waals surface area contributed by atoms with Crippen molar-refractivity contribution < 1.29 is 4.74 Å². The van der Waals surface area contributed by atoms with E-state index in [1.807, 2.05) is 7.11 Å². The van der Waals surface area contributed by atoms with E-state index >= 15 is 0 Å². The molecule has 0 spiro atoms. The maximum atomic E-state index is 5.30. The molecule has 3 unspecified atom stereocenters. The van der Waals surface area contributed by atoms with Crippen LogP contribution >= 0.6 is 0 Å². The first kappa shape index (κ1) is 16.9. The van der Waals surface area contributed by atoms with Crippen LogP contribution in [-0.4, -0.2) is 50.3 Å². The van der Waals surface area contributed by atoms with Gasteiger partial charge in [-0.05, 0) is 38.1 Å². The van der Waals surface area contributed by atoms with Gasteiger partial charge in [-0.25, -0.2) is 0 Å². The summed E-state index contributed by atoms with van der Waals surface area (Å²) in [5, 5.41) is 3.63. The van der Waals surface area contributed by atoms with E-state index in [9.17, 15) is 0 Å². The molecular weight excluding hydrogens is 236 g/mol. The van der Waals surface area contributed by atoms with Crippen LogP contribution in [0.15, 0.2) is 0 Å². The molecule has 0 saturated carbocycles. The van der Waals surface area contributed by atoms with Crippen LogP contribution in [0.2, 0.25) is 0 Å². The van der Waals surface area contributed by atoms with Crippen molar-refractivity contribution in [3.05, 3.63) is 0 Å². The summed E-state index contributed by atoms with van der Waals surface area (Å²) in [4.78, 5) is 2.67. The van der Waals surface area contributed by atoms with Crippen LogP contribution in [0.5, 0.6) is 0 Å². The van der Waals surface area contributed by atoms with E-state index in [0.717, 1.165) is 19.1 Å². The van der Waals surface area contributed by atoms with Gasteiger partial charge in [-0.2, -0.15) is 0 Å². The Kier molecular flexibility index (Phi) is 8.67. The molecule has 0 radical (unpaired) electrons. The van der Waals surface area contributed by atoms with Crippen molar-refractivity contribution >= 4 is 0 Å². The van der Waals surface area contributed by atoms with Crippen molar-refractivity contribution in [1.82, 2.24) is 10.2 Å². The molecule has 1 aliphatic heterocycles. The SMILES string of the molecule is CCC(C)CC(CC)N(CCOC)CC1CCCN1. The second-order valence-corrected chi connectivity index (χ2v) is 6.09. The molecule has 3 heteroatoms. The van der Waals surface area contributed by atoms with E-state index in [4.69, 9.17) is 4.74 Å². The fraction of sp³-hybridized carbons (Fsp3) is 1.00. The van der Waals surface area contributed by atoms with Crippen molar-refractivity contribution in [3.63, 3.8) is 0 Å². The van der Waals surface area contributed by atoms with E-state index in [-0.39, 0.29) is 0 Å². The van der Waals surface area contributed by atoms with Gasteiger partial charge in [-0.1, -0.05) is 27.2 Å². The van der Waals surface area contributed by atoms with Crippen LogP contribution in [0, 0.1) is 5.92 Å². The Bertz CT molecular complexity index is 217. The summed E-state index contributed by atoms with van der Waals surface area (Å²) < 4.78 is 5.30. The highest BCUT2D eigenvalue weighted by Gasteiger charge is 2.23. The second-order valence-electron chi connectivity index (χ2n) is 6.09. The third-order valence-corrected chi connectivity index (χ3v) is 4.56. The van der Waals surface area contributed by atoms with Crippen LogP contribution in [0.4, 0.5) is 0 Å². The average molecular weight is 270 g/mol. The zero-order chi connectivity index (χ0) is 14.1. The van der Waals surface area contributed by atoms with Crippen molar-refractivity contribution in [2.24, 2.45) is 5.92 Å². The van der Waals surface area contributed by atoms with E-state index < -0.39 is 0 Å². The van der Waals surface area contributed by atoms with E-state index in [0.29, 0.717) is 12.1 Å². The van der Waals surface area contributed by atoms with Gasteiger partial charge in [0.25, 0.3) is 0 Å². The largest absolute Gasteiger partial charge is 0.383 e. The molecule has 19 heavy (non-hydrogen) atoms. The van der Waals surface area contributed by atoms with E-state index in [2.05, 4.69) is 31.0 Å². The van der Waals surface area contributed by atoms with E-state index in [1.165, 1.54) is 45.2 Å². The number of ether oxygens (including phenoxy) is 1. The zero-order valence-corrected chi connectivity index (χ0v) is 13.5. The van der Waals surface area contributed by atoms with Gasteiger partial charge >= 0.3 is 0 Å². The molecular formula is C16H34N2O. The Balaban J connectivity index is 2.51. The molecule has 0 aromatic rings. The highest BCUT2D eigenvalue weighted by Crippen LogP contribution is 2.19. The summed E-state index contributed by atoms with van der Waals surface area (Å²) in [5.41, 5.74) is 0. The van der Waals surface area contributed by atoms with Crippen LogP contribution in [-0.2, 0) is 4.74 Å². The predicted octanol–water partition coefficient (Wildman–Crippen LogP) is 2.90. The Hall–Kier alpha value is -0.120. The maximum absolute atomic E-state index is 5.30. The van der Waals surface area contributed by atoms with Crippen molar-refractivity contribution in [2.75, 3.05) is 33.4 Å². The Morgan fingerprint density at radius 2 is 2.11 bits per heavy atom. The van der Waals surface area contributed by atoms with Gasteiger partial charge in [0, 0.05) is 32.3 Å². The van der Waals surface area contributed by atoms with Gasteiger partial charge in [0.05, 0.1) is 6.61 Å². The smallest absolute Gasteiger partial charge is 0.0589 e. The molecule has 1 N–H and O–H groups in total. The van der Waals surface area contributed by atoms with Crippen LogP contribution in [0.25, 0.3) is 0 Å². The Morgan fingerprint density at radius 3 is 2.63 bits per heavy atom. The Morgan fingerprint density at radius 1 is 1.32 bits per heavy atom. The van der Waals surface area contributed by atoms with Gasteiger partial charge < -0.3 is 10.1 Å². The van der Waals surface area contributed by atoms with Gasteiger partial charge in [0.15, 0.2) is 0 Å². The van der Waals surface area contributed by atoms with Gasteiger partial charge in [-0.3, -0.25) is 4.90 Å². The maximum Gasteiger partial charge on any atom is 0.0589 e. The number of rotatable bonds is 10. The average Bonchev–Trinajstić information content (AvgIpc) is 2.93. The lowest BCUT2D eigenvalue weighted by atomic mass is 9.96. The molecule has 0 aliphatic carbocycles. The topological polar surface area (TPSA) is 24.5 Å². The summed E-state index contributed by atoms with van der Waals surface area (Å²) in [5.74, 6) is 0.825.